The van der Waals surface area contributed by atoms with Gasteiger partial charge in [0.1, 0.15) is 6.04 Å². The third kappa shape index (κ3) is 4.92. The van der Waals surface area contributed by atoms with E-state index in [2.05, 4.69) is 0 Å². The van der Waals surface area contributed by atoms with Crippen LogP contribution in [0.25, 0.3) is 0 Å². The Morgan fingerprint density at radius 3 is 2.45 bits per heavy atom. The average Bonchev–Trinajstić information content (AvgIpc) is 2.45. The largest absolute Gasteiger partial charge is 0.480 e. The summed E-state index contributed by atoms with van der Waals surface area (Å²) in [6.45, 7) is 2.46. The fourth-order valence-corrected chi connectivity index (χ4v) is 2.43. The van der Waals surface area contributed by atoms with Crippen LogP contribution in [-0.4, -0.2) is 47.2 Å². The van der Waals surface area contributed by atoms with E-state index in [1.165, 1.54) is 6.42 Å². The van der Waals surface area contributed by atoms with Gasteiger partial charge < -0.3 is 15.3 Å². The summed E-state index contributed by atoms with van der Waals surface area (Å²) in [7, 11) is 0. The lowest BCUT2D eigenvalue weighted by molar-refractivity contribution is -0.146. The van der Waals surface area contributed by atoms with Gasteiger partial charge in [0.05, 0.1) is 13.2 Å². The molecule has 1 heterocycles. The van der Waals surface area contributed by atoms with Gasteiger partial charge in [-0.3, -0.25) is 9.69 Å². The first-order chi connectivity index (χ1) is 9.27. The topological polar surface area (TPSA) is 81.3 Å². The second-order valence-electron chi connectivity index (χ2n) is 4.95. The third-order valence-electron chi connectivity index (χ3n) is 3.50. The molecule has 112 valence electrons. The van der Waals surface area contributed by atoms with Crippen molar-refractivity contribution >= 4 is 5.97 Å². The Labute approximate surface area is 119 Å². The minimum Gasteiger partial charge on any atom is -0.480 e. The van der Waals surface area contributed by atoms with Crippen molar-refractivity contribution in [1.29, 1.82) is 0 Å². The van der Waals surface area contributed by atoms with Gasteiger partial charge in [0, 0.05) is 0 Å². The Morgan fingerprint density at radius 2 is 1.85 bits per heavy atom. The van der Waals surface area contributed by atoms with E-state index < -0.39 is 12.0 Å². The number of carbonyl (C=O) groups is 1. The molecule has 1 atom stereocenters. The number of aliphatic carboxylic acids is 1. The molecule has 1 aliphatic rings. The Morgan fingerprint density at radius 1 is 1.20 bits per heavy atom. The monoisotopic (exact) mass is 281 g/mol. The number of hydrogen-bond donors (Lipinski definition) is 1. The summed E-state index contributed by atoms with van der Waals surface area (Å²) in [6, 6.07) is 9.32. The van der Waals surface area contributed by atoms with E-state index in [-0.39, 0.29) is 12.1 Å². The number of carboxylic acids is 1. The van der Waals surface area contributed by atoms with Gasteiger partial charge in [0.25, 0.3) is 0 Å². The molecule has 0 aromatic heterocycles. The molecular formula is C15H23NO4. The molecule has 20 heavy (non-hydrogen) atoms. The Balaban J connectivity index is 0.00000200. The standard InChI is InChI=1S/C15H21NO3.H2O/c17-15(18)14(16-9-5-2-6-10-16)12-19-11-13-7-3-1-4-8-13;/h1,3-4,7-8,14H,2,5-6,9-12H2,(H,17,18);1H2/t14-;/m0./s1. The van der Waals surface area contributed by atoms with Crippen molar-refractivity contribution in [1.82, 2.24) is 4.90 Å². The highest BCUT2D eigenvalue weighted by Gasteiger charge is 2.26. The number of piperidine rings is 1. The molecule has 2 rings (SSSR count). The summed E-state index contributed by atoms with van der Waals surface area (Å²) in [5.41, 5.74) is 1.07. The molecule has 1 aliphatic heterocycles. The molecule has 3 N–H and O–H groups in total. The van der Waals surface area contributed by atoms with Crippen LogP contribution in [0.15, 0.2) is 30.3 Å². The lowest BCUT2D eigenvalue weighted by Gasteiger charge is -2.31. The molecule has 0 bridgehead atoms. The van der Waals surface area contributed by atoms with Crippen LogP contribution in [-0.2, 0) is 16.1 Å². The molecule has 0 amide bonds. The fraction of sp³-hybridized carbons (Fsp3) is 0.533. The maximum absolute atomic E-state index is 11.3. The predicted octanol–water partition coefficient (Wildman–Crippen LogP) is 1.32. The number of nitrogens with zero attached hydrogens (tertiary/aromatic N) is 1. The lowest BCUT2D eigenvalue weighted by atomic mass is 10.1. The van der Waals surface area contributed by atoms with E-state index >= 15 is 0 Å². The minimum atomic E-state index is -0.782. The molecule has 0 aliphatic carbocycles. The van der Waals surface area contributed by atoms with Crippen molar-refractivity contribution in [2.45, 2.75) is 31.9 Å². The van der Waals surface area contributed by atoms with Crippen LogP contribution in [0.3, 0.4) is 0 Å². The van der Waals surface area contributed by atoms with Gasteiger partial charge in [-0.25, -0.2) is 0 Å². The first kappa shape index (κ1) is 16.6. The lowest BCUT2D eigenvalue weighted by Crippen LogP contribution is -2.46. The van der Waals surface area contributed by atoms with Crippen LogP contribution < -0.4 is 0 Å². The first-order valence-electron chi connectivity index (χ1n) is 6.86. The Bertz CT molecular complexity index is 390. The van der Waals surface area contributed by atoms with Crippen molar-refractivity contribution in [2.24, 2.45) is 0 Å². The zero-order valence-corrected chi connectivity index (χ0v) is 11.6. The van der Waals surface area contributed by atoms with Crippen molar-refractivity contribution in [3.05, 3.63) is 35.9 Å². The molecular weight excluding hydrogens is 258 g/mol. The van der Waals surface area contributed by atoms with Crippen molar-refractivity contribution in [2.75, 3.05) is 19.7 Å². The molecule has 5 heteroatoms. The van der Waals surface area contributed by atoms with E-state index in [4.69, 9.17) is 4.74 Å². The van der Waals surface area contributed by atoms with Gasteiger partial charge in [-0.2, -0.15) is 0 Å². The summed E-state index contributed by atoms with van der Waals surface area (Å²) in [5.74, 6) is -0.782. The second-order valence-corrected chi connectivity index (χ2v) is 4.95. The van der Waals surface area contributed by atoms with Crippen LogP contribution >= 0.6 is 0 Å². The van der Waals surface area contributed by atoms with E-state index in [1.54, 1.807) is 0 Å². The summed E-state index contributed by atoms with van der Waals surface area (Å²) in [6.07, 6.45) is 3.37. The van der Waals surface area contributed by atoms with Crippen LogP contribution in [0.1, 0.15) is 24.8 Å². The van der Waals surface area contributed by atoms with Crippen molar-refractivity contribution in [3.8, 4) is 0 Å². The highest BCUT2D eigenvalue weighted by atomic mass is 16.5. The van der Waals surface area contributed by atoms with Crippen LogP contribution in [0, 0.1) is 0 Å². The summed E-state index contributed by atoms with van der Waals surface area (Å²) in [5, 5.41) is 9.30. The van der Waals surface area contributed by atoms with Crippen molar-refractivity contribution < 1.29 is 20.1 Å². The molecule has 0 saturated carbocycles. The third-order valence-corrected chi connectivity index (χ3v) is 3.50. The summed E-state index contributed by atoms with van der Waals surface area (Å²) < 4.78 is 5.57. The maximum atomic E-state index is 11.3. The average molecular weight is 281 g/mol. The molecule has 0 unspecified atom stereocenters. The van der Waals surface area contributed by atoms with E-state index in [9.17, 15) is 9.90 Å². The zero-order valence-electron chi connectivity index (χ0n) is 11.6. The molecule has 1 aromatic rings. The number of hydrogen-bond acceptors (Lipinski definition) is 3. The molecule has 1 aromatic carbocycles. The number of carboxylic acid groups (broad SMARTS) is 1. The minimum absolute atomic E-state index is 0. The fourth-order valence-electron chi connectivity index (χ4n) is 2.43. The highest BCUT2D eigenvalue weighted by molar-refractivity contribution is 5.73. The van der Waals surface area contributed by atoms with E-state index in [0.717, 1.165) is 31.5 Å². The smallest absolute Gasteiger partial charge is 0.323 e. The Kier molecular flexibility index (Phi) is 7.22. The number of ether oxygens (including phenoxy) is 1. The van der Waals surface area contributed by atoms with Crippen molar-refractivity contribution in [3.63, 3.8) is 0 Å². The molecule has 5 nitrogen and oxygen atoms in total. The number of rotatable bonds is 6. The number of likely N-dealkylation sites (tertiary alicyclic amines) is 1. The quantitative estimate of drug-likeness (QED) is 0.852. The SMILES string of the molecule is O.O=C(O)[C@H](COCc1ccccc1)N1CCCCC1. The van der Waals surface area contributed by atoms with Gasteiger partial charge >= 0.3 is 5.97 Å². The number of benzene rings is 1. The van der Waals surface area contributed by atoms with Gasteiger partial charge in [-0.1, -0.05) is 36.8 Å². The summed E-state index contributed by atoms with van der Waals surface area (Å²) >= 11 is 0. The molecule has 1 saturated heterocycles. The second kappa shape index (κ2) is 8.68. The van der Waals surface area contributed by atoms with Gasteiger partial charge in [0.15, 0.2) is 0 Å². The molecule has 1 fully saturated rings. The summed E-state index contributed by atoms with van der Waals surface area (Å²) in [4.78, 5) is 13.3. The van der Waals surface area contributed by atoms with Gasteiger partial charge in [-0.05, 0) is 31.5 Å². The van der Waals surface area contributed by atoms with Crippen LogP contribution in [0.4, 0.5) is 0 Å². The van der Waals surface area contributed by atoms with Crippen LogP contribution in [0.5, 0.6) is 0 Å². The highest BCUT2D eigenvalue weighted by Crippen LogP contribution is 2.13. The maximum Gasteiger partial charge on any atom is 0.323 e. The van der Waals surface area contributed by atoms with Gasteiger partial charge in [0.2, 0.25) is 0 Å². The zero-order chi connectivity index (χ0) is 13.5. The predicted molar refractivity (Wildman–Crippen MR) is 76.6 cm³/mol. The molecule has 0 spiro atoms. The van der Waals surface area contributed by atoms with E-state index in [0.29, 0.717) is 6.61 Å². The first-order valence-corrected chi connectivity index (χ1v) is 6.86. The Hall–Kier alpha value is -1.43. The van der Waals surface area contributed by atoms with E-state index in [1.807, 2.05) is 35.2 Å². The normalized spacial score (nSPS) is 17.2. The molecule has 0 radical (unpaired) electrons. The van der Waals surface area contributed by atoms with Gasteiger partial charge in [-0.15, -0.1) is 0 Å². The van der Waals surface area contributed by atoms with Crippen LogP contribution in [0.2, 0.25) is 0 Å².